The number of carbonyl (C=O) groups is 3. The van der Waals surface area contributed by atoms with Crippen LogP contribution >= 0.6 is 11.3 Å². The third-order valence-corrected chi connectivity index (χ3v) is 2.77. The molecule has 0 bridgehead atoms. The fourth-order valence-corrected chi connectivity index (χ4v) is 1.84. The minimum Gasteiger partial charge on any atom is -0.481 e. The van der Waals surface area contributed by atoms with E-state index in [0.717, 1.165) is 5.69 Å². The summed E-state index contributed by atoms with van der Waals surface area (Å²) in [5.74, 6) is -2.69. The highest BCUT2D eigenvalue weighted by Crippen LogP contribution is 2.00. The van der Waals surface area contributed by atoms with Crippen molar-refractivity contribution in [3.63, 3.8) is 0 Å². The SMILES string of the molecule is O=C(O)C[C@H](NC(=O)NCCc1cscn1)C(=O)O. The molecular weight excluding hydrogens is 274 g/mol. The molecule has 8 nitrogen and oxygen atoms in total. The zero-order valence-corrected chi connectivity index (χ0v) is 10.6. The molecule has 2 amide bonds. The Morgan fingerprint density at radius 3 is 2.63 bits per heavy atom. The maximum Gasteiger partial charge on any atom is 0.326 e. The average molecular weight is 287 g/mol. The Bertz CT molecular complexity index is 448. The van der Waals surface area contributed by atoms with E-state index in [0.29, 0.717) is 6.42 Å². The van der Waals surface area contributed by atoms with Gasteiger partial charge in [0.05, 0.1) is 17.6 Å². The minimum absolute atomic E-state index is 0.287. The first kappa shape index (κ1) is 14.9. The molecule has 0 aliphatic rings. The van der Waals surface area contributed by atoms with E-state index in [1.807, 2.05) is 5.38 Å². The van der Waals surface area contributed by atoms with Crippen LogP contribution in [0.15, 0.2) is 10.9 Å². The molecule has 19 heavy (non-hydrogen) atoms. The third-order valence-electron chi connectivity index (χ3n) is 2.13. The molecule has 1 rings (SSSR count). The van der Waals surface area contributed by atoms with Gasteiger partial charge in [-0.25, -0.2) is 14.6 Å². The number of thiazole rings is 1. The van der Waals surface area contributed by atoms with E-state index >= 15 is 0 Å². The number of nitrogens with zero attached hydrogens (tertiary/aromatic N) is 1. The minimum atomic E-state index is -1.45. The van der Waals surface area contributed by atoms with Crippen molar-refractivity contribution in [1.82, 2.24) is 15.6 Å². The molecule has 1 aromatic heterocycles. The van der Waals surface area contributed by atoms with Crippen LogP contribution in [0.5, 0.6) is 0 Å². The standard InChI is InChI=1S/C10H13N3O5S/c14-8(15)3-7(9(16)17)13-10(18)11-2-1-6-4-19-5-12-6/h4-5,7H,1-3H2,(H,14,15)(H,16,17)(H2,11,13,18)/t7-/m0/s1. The van der Waals surface area contributed by atoms with E-state index in [2.05, 4.69) is 15.6 Å². The van der Waals surface area contributed by atoms with Gasteiger partial charge in [-0.2, -0.15) is 0 Å². The lowest BCUT2D eigenvalue weighted by Crippen LogP contribution is -2.47. The van der Waals surface area contributed by atoms with Crippen LogP contribution in [-0.2, 0) is 16.0 Å². The van der Waals surface area contributed by atoms with Crippen molar-refractivity contribution < 1.29 is 24.6 Å². The second-order valence-corrected chi connectivity index (χ2v) is 4.34. The summed E-state index contributed by atoms with van der Waals surface area (Å²) in [5.41, 5.74) is 2.49. The predicted molar refractivity (Wildman–Crippen MR) is 66.0 cm³/mol. The maximum atomic E-state index is 11.4. The van der Waals surface area contributed by atoms with Crippen LogP contribution in [0, 0.1) is 0 Å². The lowest BCUT2D eigenvalue weighted by atomic mass is 10.2. The molecule has 4 N–H and O–H groups in total. The van der Waals surface area contributed by atoms with Crippen molar-refractivity contribution in [2.24, 2.45) is 0 Å². The van der Waals surface area contributed by atoms with Gasteiger partial charge in [0.1, 0.15) is 6.04 Å². The summed E-state index contributed by atoms with van der Waals surface area (Å²) in [6, 6.07) is -2.17. The van der Waals surface area contributed by atoms with Gasteiger partial charge in [-0.05, 0) is 0 Å². The Labute approximate surface area is 112 Å². The van der Waals surface area contributed by atoms with E-state index in [1.165, 1.54) is 11.3 Å². The molecular formula is C10H13N3O5S. The molecule has 0 aliphatic heterocycles. The van der Waals surface area contributed by atoms with Gasteiger partial charge >= 0.3 is 18.0 Å². The van der Waals surface area contributed by atoms with Gasteiger partial charge < -0.3 is 20.8 Å². The summed E-state index contributed by atoms with van der Waals surface area (Å²) in [6.45, 7) is 0.287. The van der Waals surface area contributed by atoms with Crippen LogP contribution in [0.3, 0.4) is 0 Å². The van der Waals surface area contributed by atoms with Crippen LogP contribution in [0.2, 0.25) is 0 Å². The molecule has 0 saturated carbocycles. The molecule has 0 spiro atoms. The summed E-state index contributed by atoms with van der Waals surface area (Å²) in [4.78, 5) is 36.5. The van der Waals surface area contributed by atoms with Crippen molar-refractivity contribution in [1.29, 1.82) is 0 Å². The fraction of sp³-hybridized carbons (Fsp3) is 0.400. The zero-order chi connectivity index (χ0) is 14.3. The lowest BCUT2D eigenvalue weighted by Gasteiger charge is -2.12. The van der Waals surface area contributed by atoms with Crippen LogP contribution in [-0.4, -0.2) is 45.8 Å². The topological polar surface area (TPSA) is 129 Å². The number of rotatable bonds is 7. The molecule has 0 aliphatic carbocycles. The largest absolute Gasteiger partial charge is 0.481 e. The first-order chi connectivity index (χ1) is 8.99. The Balaban J connectivity index is 2.32. The zero-order valence-electron chi connectivity index (χ0n) is 9.83. The van der Waals surface area contributed by atoms with Gasteiger partial charge in [-0.3, -0.25) is 4.79 Å². The second kappa shape index (κ2) is 7.31. The Hall–Kier alpha value is -2.16. The Morgan fingerprint density at radius 1 is 1.37 bits per heavy atom. The number of amides is 2. The number of hydrogen-bond acceptors (Lipinski definition) is 5. The molecule has 0 radical (unpaired) electrons. The van der Waals surface area contributed by atoms with Crippen LogP contribution < -0.4 is 10.6 Å². The molecule has 1 heterocycles. The molecule has 104 valence electrons. The highest BCUT2D eigenvalue weighted by atomic mass is 32.1. The van der Waals surface area contributed by atoms with Crippen molar-refractivity contribution in [2.45, 2.75) is 18.9 Å². The van der Waals surface area contributed by atoms with E-state index in [-0.39, 0.29) is 6.54 Å². The van der Waals surface area contributed by atoms with E-state index in [1.54, 1.807) is 5.51 Å². The van der Waals surface area contributed by atoms with Crippen molar-refractivity contribution in [2.75, 3.05) is 6.54 Å². The average Bonchev–Trinajstić information content (AvgIpc) is 2.80. The van der Waals surface area contributed by atoms with Gasteiger partial charge in [0.15, 0.2) is 0 Å². The van der Waals surface area contributed by atoms with Gasteiger partial charge in [-0.1, -0.05) is 0 Å². The van der Waals surface area contributed by atoms with Crippen molar-refractivity contribution in [3.05, 3.63) is 16.6 Å². The number of nitrogens with one attached hydrogen (secondary N) is 2. The molecule has 1 atom stereocenters. The first-order valence-electron chi connectivity index (χ1n) is 5.35. The summed E-state index contributed by atoms with van der Waals surface area (Å²) in [6.07, 6.45) is -0.150. The maximum absolute atomic E-state index is 11.4. The molecule has 0 unspecified atom stereocenters. The normalized spacial score (nSPS) is 11.6. The number of carboxylic acids is 2. The smallest absolute Gasteiger partial charge is 0.326 e. The van der Waals surface area contributed by atoms with Gasteiger partial charge in [0.25, 0.3) is 0 Å². The molecule has 0 aromatic carbocycles. The highest BCUT2D eigenvalue weighted by molar-refractivity contribution is 7.07. The number of aliphatic carboxylic acids is 2. The summed E-state index contributed by atoms with van der Waals surface area (Å²) < 4.78 is 0. The number of carboxylic acid groups (broad SMARTS) is 2. The van der Waals surface area contributed by atoms with Crippen molar-refractivity contribution >= 4 is 29.3 Å². The number of urea groups is 1. The van der Waals surface area contributed by atoms with E-state index in [9.17, 15) is 14.4 Å². The summed E-state index contributed by atoms with van der Waals surface area (Å²) in [7, 11) is 0. The van der Waals surface area contributed by atoms with Crippen molar-refractivity contribution in [3.8, 4) is 0 Å². The molecule has 9 heteroatoms. The monoisotopic (exact) mass is 287 g/mol. The Kier molecular flexibility index (Phi) is 5.73. The first-order valence-corrected chi connectivity index (χ1v) is 6.29. The van der Waals surface area contributed by atoms with Crippen LogP contribution in [0.1, 0.15) is 12.1 Å². The summed E-state index contributed by atoms with van der Waals surface area (Å²) in [5, 5.41) is 23.6. The van der Waals surface area contributed by atoms with Crippen LogP contribution in [0.4, 0.5) is 4.79 Å². The number of aromatic nitrogens is 1. The third kappa shape index (κ3) is 5.82. The Morgan fingerprint density at radius 2 is 2.11 bits per heavy atom. The molecule has 0 fully saturated rings. The van der Waals surface area contributed by atoms with E-state index < -0.39 is 30.4 Å². The van der Waals surface area contributed by atoms with E-state index in [4.69, 9.17) is 10.2 Å². The summed E-state index contributed by atoms with van der Waals surface area (Å²) >= 11 is 1.44. The molecule has 0 saturated heterocycles. The van der Waals surface area contributed by atoms with Gasteiger partial charge in [0, 0.05) is 18.3 Å². The van der Waals surface area contributed by atoms with Gasteiger partial charge in [-0.15, -0.1) is 11.3 Å². The van der Waals surface area contributed by atoms with Gasteiger partial charge in [0.2, 0.25) is 0 Å². The quantitative estimate of drug-likeness (QED) is 0.555. The fourth-order valence-electron chi connectivity index (χ4n) is 1.25. The van der Waals surface area contributed by atoms with Crippen LogP contribution in [0.25, 0.3) is 0 Å². The number of hydrogen-bond donors (Lipinski definition) is 4. The molecule has 1 aromatic rings. The highest BCUT2D eigenvalue weighted by Gasteiger charge is 2.22. The second-order valence-electron chi connectivity index (χ2n) is 3.62. The lowest BCUT2D eigenvalue weighted by molar-refractivity contribution is -0.145. The predicted octanol–water partition coefficient (Wildman–Crippen LogP) is -0.0873. The number of carbonyl (C=O) groups excluding carboxylic acids is 1.